The summed E-state index contributed by atoms with van der Waals surface area (Å²) < 4.78 is 104. The van der Waals surface area contributed by atoms with E-state index in [1.807, 2.05) is 34.6 Å². The predicted molar refractivity (Wildman–Crippen MR) is 266 cm³/mol. The topological polar surface area (TPSA) is 205 Å². The van der Waals surface area contributed by atoms with Crippen LogP contribution >= 0.6 is 58.5 Å². The van der Waals surface area contributed by atoms with Gasteiger partial charge in [0.2, 0.25) is 10.4 Å². The standard InChI is InChI=1S/C9H15FO2S.C7H13FOS.C7H13FS.C5H9FO2S.C4H6O3.CH2Cl2.7CH4.K.H2O4S/c1-4-7-5(2)8(10)9(13-7)12-6(3)11;1-3-7-5(2)6(8)4-10(7)9;1-3-7-5(2)6(8)4-9-7;6-3-2-9-4(1-7)5(3)8;1-3(5)7-4(2)6;2-1-3;;;;;;;;;1-5(2,3)4/h5,7-9H,4H2,1-3H3;5-7H,3-4H2,1-2H3;5-7H,3-4H2,1-2H3;3-5,7-8H,1-2H2;1-2H3;1H2;7*1H4;;(H2,1,2,3,4)/q;;;;;;;;;;;;;+1;/p-1/t5-,7-,8+,9?;5-,6+,7+,10-;5-,6+,7+;3-,4-,5+;;;;;;;;;;;/m1001.........../s1. The van der Waals surface area contributed by atoms with Crippen LogP contribution in [0.1, 0.15) is 134 Å². The van der Waals surface area contributed by atoms with Crippen molar-refractivity contribution in [2.75, 3.05) is 29.2 Å². The Balaban J connectivity index is -0.0000000573. The molecule has 4 fully saturated rings. The Bertz CT molecular complexity index is 1200. The largest absolute Gasteiger partial charge is 1.00 e. The molecule has 0 aromatic carbocycles. The first-order chi connectivity index (χ1) is 25.8. The second-order valence-electron chi connectivity index (χ2n) is 12.6. The molecular weight excluding hydrogens is 1020 g/mol. The molecule has 0 aromatic heterocycles. The Labute approximate surface area is 455 Å². The summed E-state index contributed by atoms with van der Waals surface area (Å²) >= 11 is 14.0. The van der Waals surface area contributed by atoms with Gasteiger partial charge in [-0.25, -0.2) is 26.0 Å². The van der Waals surface area contributed by atoms with E-state index < -0.39 is 75.3 Å². The fraction of sp³-hybridized carbons (Fsp3) is 0.925. The number of alkyl halides is 6. The molecule has 0 amide bonds. The van der Waals surface area contributed by atoms with Crippen LogP contribution in [-0.2, 0) is 45.1 Å². The van der Waals surface area contributed by atoms with E-state index in [2.05, 4.69) is 11.7 Å². The molecule has 3 N–H and O–H groups in total. The quantitative estimate of drug-likeness (QED) is 0.0452. The summed E-state index contributed by atoms with van der Waals surface area (Å²) in [6, 6.07) is 0. The van der Waals surface area contributed by atoms with Gasteiger partial charge in [-0.15, -0.1) is 35.0 Å². The van der Waals surface area contributed by atoms with Gasteiger partial charge in [0.05, 0.1) is 22.9 Å². The predicted octanol–water partition coefficient (Wildman–Crippen LogP) is 8.13. The summed E-state index contributed by atoms with van der Waals surface area (Å²) in [7, 11) is -5.81. The third-order valence-corrected chi connectivity index (χ3v) is 15.2. The normalized spacial score (nSPS) is 29.7. The Morgan fingerprint density at radius 1 is 0.734 bits per heavy atom. The third kappa shape index (κ3) is 43.5. The van der Waals surface area contributed by atoms with Gasteiger partial charge in [0.1, 0.15) is 24.6 Å². The van der Waals surface area contributed by atoms with E-state index in [4.69, 9.17) is 55.7 Å². The van der Waals surface area contributed by atoms with Gasteiger partial charge in [-0.1, -0.05) is 93.5 Å². The molecule has 0 saturated carbocycles. The van der Waals surface area contributed by atoms with Crippen LogP contribution in [0.4, 0.5) is 17.6 Å². The average molecular weight is 1110 g/mol. The second kappa shape index (κ2) is 50.9. The number of carbonyl (C=O) groups excluding carboxylic acids is 3. The van der Waals surface area contributed by atoms with Gasteiger partial charge < -0.3 is 24.2 Å². The number of hydrogen-bond acceptors (Lipinski definition) is 14. The molecule has 0 bridgehead atoms. The van der Waals surface area contributed by atoms with Crippen LogP contribution in [0.3, 0.4) is 0 Å². The Morgan fingerprint density at radius 2 is 1.12 bits per heavy atom. The molecule has 0 aliphatic carbocycles. The van der Waals surface area contributed by atoms with Crippen molar-refractivity contribution in [1.29, 1.82) is 0 Å². The van der Waals surface area contributed by atoms with Crippen molar-refractivity contribution in [3.63, 3.8) is 0 Å². The van der Waals surface area contributed by atoms with Gasteiger partial charge in [0.15, 0.2) is 11.6 Å². The molecule has 4 saturated heterocycles. The maximum Gasteiger partial charge on any atom is 1.00 e. The first-order valence-electron chi connectivity index (χ1n) is 17.5. The Hall–Kier alpha value is 1.54. The van der Waals surface area contributed by atoms with Crippen LogP contribution in [0, 0.1) is 17.8 Å². The summed E-state index contributed by atoms with van der Waals surface area (Å²) in [5, 5.41) is 18.3. The third-order valence-electron chi connectivity index (χ3n) is 8.28. The minimum absolute atomic E-state index is 0. The number of hydrogen-bond donors (Lipinski definition) is 3. The minimum Gasteiger partial charge on any atom is -0.726 e. The molecule has 64 heavy (non-hydrogen) atoms. The van der Waals surface area contributed by atoms with Crippen LogP contribution in [-0.4, -0.2) is 136 Å². The number of rotatable bonds is 5. The molecule has 14 atom stereocenters. The number of esters is 3. The Kier molecular flexibility index (Phi) is 73.0. The van der Waals surface area contributed by atoms with Gasteiger partial charge in [0.25, 0.3) is 0 Å². The number of ether oxygens (including phenoxy) is 2. The van der Waals surface area contributed by atoms with E-state index in [9.17, 15) is 36.2 Å². The molecule has 4 rings (SSSR count). The van der Waals surface area contributed by atoms with E-state index in [-0.39, 0.29) is 149 Å². The molecule has 0 aromatic rings. The number of aliphatic hydroxyl groups is 2. The summed E-state index contributed by atoms with van der Waals surface area (Å²) in [6.07, 6.45) is -1.61. The number of aliphatic hydroxyl groups excluding tert-OH is 2. The van der Waals surface area contributed by atoms with Gasteiger partial charge in [-0.05, 0) is 25.2 Å². The van der Waals surface area contributed by atoms with Gasteiger partial charge in [0, 0.05) is 70.7 Å². The molecule has 4 aliphatic heterocycles. The zero-order chi connectivity index (χ0) is 44.5. The van der Waals surface area contributed by atoms with Crippen molar-refractivity contribution < 1.29 is 125 Å². The summed E-state index contributed by atoms with van der Waals surface area (Å²) in [5.41, 5.74) is -0.586. The van der Waals surface area contributed by atoms with Crippen LogP contribution < -0.4 is 51.4 Å². The van der Waals surface area contributed by atoms with Crippen LogP contribution in [0.15, 0.2) is 0 Å². The maximum atomic E-state index is 13.5. The maximum absolute atomic E-state index is 13.5. The van der Waals surface area contributed by atoms with Crippen molar-refractivity contribution in [3.05, 3.63) is 0 Å². The molecule has 392 valence electrons. The fourth-order valence-electron chi connectivity index (χ4n) is 5.26. The van der Waals surface area contributed by atoms with Gasteiger partial charge in [-0.2, -0.15) is 23.5 Å². The van der Waals surface area contributed by atoms with Gasteiger partial charge >= 0.3 is 69.3 Å². The first-order valence-corrected chi connectivity index (χ1v) is 24.4. The van der Waals surface area contributed by atoms with E-state index >= 15 is 0 Å². The molecule has 4 heterocycles. The fourth-order valence-corrected chi connectivity index (χ4v) is 11.2. The smallest absolute Gasteiger partial charge is 0.726 e. The Morgan fingerprint density at radius 3 is 1.30 bits per heavy atom. The number of thioether (sulfide) groups is 3. The van der Waals surface area contributed by atoms with Crippen molar-refractivity contribution >= 4 is 97.6 Å². The molecule has 1 unspecified atom stereocenters. The van der Waals surface area contributed by atoms with E-state index in [1.54, 1.807) is 11.8 Å². The zero-order valence-corrected chi connectivity index (χ0v) is 42.7. The van der Waals surface area contributed by atoms with Crippen molar-refractivity contribution in [1.82, 2.24) is 0 Å². The molecule has 4 aliphatic rings. The average Bonchev–Trinajstić information content (AvgIpc) is 3.76. The SMILES string of the molecule is C.C.C.C.C.C.C.CC(=O)OC(C)=O.CC[C@@H]1[C@@H](C)[C@H](F)C[S@@]1=O.CC[C@H]1SC(OC(C)=O)[C@@H](F)[C@@H]1C.CC[C@H]1SC[C@@H](F)[C@@H]1C.ClCCl.O=S(=O)([O-])O.OC[C@H]1SC[C@@H](F)[C@@H]1O.[K+]. The van der Waals surface area contributed by atoms with E-state index in [0.717, 1.165) is 25.0 Å². The second-order valence-corrected chi connectivity index (χ2v) is 19.8. The molecular formula is C40H87Cl2F4KO12S5. The molecule has 24 heteroatoms. The van der Waals surface area contributed by atoms with E-state index in [0.29, 0.717) is 16.9 Å². The summed E-state index contributed by atoms with van der Waals surface area (Å²) in [5.74, 6) is 0.0560. The summed E-state index contributed by atoms with van der Waals surface area (Å²) in [6.45, 7) is 15.4. The molecule has 0 spiro atoms. The van der Waals surface area contributed by atoms with Crippen LogP contribution in [0.5, 0.6) is 0 Å². The first kappa shape index (κ1) is 91.8. The van der Waals surface area contributed by atoms with Crippen molar-refractivity contribution in [3.8, 4) is 0 Å². The monoisotopic (exact) mass is 1100 g/mol. The van der Waals surface area contributed by atoms with Crippen molar-refractivity contribution in [2.24, 2.45) is 17.8 Å². The molecule has 0 radical (unpaired) electrons. The van der Waals surface area contributed by atoms with Gasteiger partial charge in [-0.3, -0.25) is 23.1 Å². The molecule has 12 nitrogen and oxygen atoms in total. The summed E-state index contributed by atoms with van der Waals surface area (Å²) in [4.78, 5) is 30.3. The number of halogens is 6. The van der Waals surface area contributed by atoms with Crippen LogP contribution in [0.2, 0.25) is 0 Å². The van der Waals surface area contributed by atoms with E-state index in [1.165, 1.54) is 44.3 Å². The zero-order valence-electron chi connectivity index (χ0n) is 34.0. The number of carbonyl (C=O) groups is 3. The van der Waals surface area contributed by atoms with Crippen LogP contribution in [0.25, 0.3) is 0 Å². The minimum atomic E-state index is -4.92. The van der Waals surface area contributed by atoms with Crippen molar-refractivity contribution in [2.45, 2.75) is 191 Å².